The molecular formula is C12H17F2N. The summed E-state index contributed by atoms with van der Waals surface area (Å²) in [4.78, 5) is 0. The molecule has 15 heavy (non-hydrogen) atoms. The summed E-state index contributed by atoms with van der Waals surface area (Å²) in [7, 11) is 0. The minimum absolute atomic E-state index is 0.140. The summed E-state index contributed by atoms with van der Waals surface area (Å²) in [5, 5.41) is 2.87. The zero-order valence-corrected chi connectivity index (χ0v) is 8.92. The zero-order valence-electron chi connectivity index (χ0n) is 8.92. The Hall–Kier alpha value is -0.960. The fourth-order valence-corrected chi connectivity index (χ4v) is 1.52. The normalized spacial score (nSPS) is 13.1. The van der Waals surface area contributed by atoms with Crippen LogP contribution in [0.25, 0.3) is 0 Å². The second kappa shape index (κ2) is 6.51. The first-order valence-corrected chi connectivity index (χ1v) is 5.27. The van der Waals surface area contributed by atoms with Crippen LogP contribution in [0, 0.1) is 0 Å². The number of rotatable bonds is 6. The molecule has 3 heteroatoms. The molecule has 1 nitrogen and oxygen atoms in total. The van der Waals surface area contributed by atoms with E-state index in [-0.39, 0.29) is 12.6 Å². The molecule has 1 aromatic rings. The van der Waals surface area contributed by atoms with E-state index in [1.165, 1.54) is 5.56 Å². The lowest BCUT2D eigenvalue weighted by Gasteiger charge is -2.16. The summed E-state index contributed by atoms with van der Waals surface area (Å²) in [6, 6.07) is 10.1. The van der Waals surface area contributed by atoms with Crippen LogP contribution in [0.1, 0.15) is 18.9 Å². The van der Waals surface area contributed by atoms with Crippen molar-refractivity contribution < 1.29 is 8.78 Å². The third kappa shape index (κ3) is 4.88. The van der Waals surface area contributed by atoms with Crippen molar-refractivity contribution in [3.8, 4) is 0 Å². The van der Waals surface area contributed by atoms with E-state index in [1.807, 2.05) is 37.3 Å². The second-order valence-electron chi connectivity index (χ2n) is 3.59. The largest absolute Gasteiger partial charge is 0.308 e. The van der Waals surface area contributed by atoms with Gasteiger partial charge in [-0.15, -0.1) is 0 Å². The highest BCUT2D eigenvalue weighted by molar-refractivity contribution is 5.15. The van der Waals surface area contributed by atoms with Crippen LogP contribution in [0.5, 0.6) is 0 Å². The van der Waals surface area contributed by atoms with Crippen LogP contribution >= 0.6 is 0 Å². The van der Waals surface area contributed by atoms with Crippen molar-refractivity contribution >= 4 is 0 Å². The summed E-state index contributed by atoms with van der Waals surface area (Å²) >= 11 is 0. The van der Waals surface area contributed by atoms with Gasteiger partial charge in [-0.2, -0.15) is 0 Å². The number of halogens is 2. The lowest BCUT2D eigenvalue weighted by Crippen LogP contribution is -2.34. The molecule has 0 heterocycles. The van der Waals surface area contributed by atoms with E-state index >= 15 is 0 Å². The maximum Gasteiger partial charge on any atom is 0.250 e. The molecule has 1 unspecified atom stereocenters. The molecule has 0 saturated carbocycles. The summed E-state index contributed by atoms with van der Waals surface area (Å²) in [5.41, 5.74) is 1.19. The van der Waals surface area contributed by atoms with Gasteiger partial charge in [0.1, 0.15) is 0 Å². The molecule has 0 aliphatic rings. The Balaban J connectivity index is 2.40. The Morgan fingerprint density at radius 2 is 1.87 bits per heavy atom. The smallest absolute Gasteiger partial charge is 0.250 e. The van der Waals surface area contributed by atoms with E-state index < -0.39 is 6.43 Å². The molecule has 1 N–H and O–H groups in total. The standard InChI is InChI=1S/C12H17F2N/c1-2-11(15-9-12(13)14)8-10-6-4-3-5-7-10/h3-7,11-12,15H,2,8-9H2,1H3. The van der Waals surface area contributed by atoms with E-state index in [1.54, 1.807) is 0 Å². The van der Waals surface area contributed by atoms with Crippen molar-refractivity contribution in [1.29, 1.82) is 0 Å². The molecular weight excluding hydrogens is 196 g/mol. The first kappa shape index (κ1) is 12.1. The Morgan fingerprint density at radius 1 is 1.20 bits per heavy atom. The molecule has 1 aromatic carbocycles. The molecule has 0 saturated heterocycles. The van der Waals surface area contributed by atoms with Gasteiger partial charge in [0.25, 0.3) is 6.43 Å². The summed E-state index contributed by atoms with van der Waals surface area (Å²) < 4.78 is 24.0. The molecule has 0 fully saturated rings. The van der Waals surface area contributed by atoms with Crippen molar-refractivity contribution in [2.24, 2.45) is 0 Å². The minimum atomic E-state index is -2.27. The van der Waals surface area contributed by atoms with E-state index in [0.717, 1.165) is 12.8 Å². The van der Waals surface area contributed by atoms with Crippen LogP contribution in [0.15, 0.2) is 30.3 Å². The predicted octanol–water partition coefficient (Wildman–Crippen LogP) is 2.86. The van der Waals surface area contributed by atoms with Gasteiger partial charge in [0.15, 0.2) is 0 Å². The van der Waals surface area contributed by atoms with Gasteiger partial charge in [-0.25, -0.2) is 8.78 Å². The lowest BCUT2D eigenvalue weighted by molar-refractivity contribution is 0.141. The van der Waals surface area contributed by atoms with Gasteiger partial charge in [0, 0.05) is 6.04 Å². The molecule has 0 spiro atoms. The summed E-state index contributed by atoms with van der Waals surface area (Å²) in [6.45, 7) is 1.79. The van der Waals surface area contributed by atoms with Gasteiger partial charge in [-0.05, 0) is 18.4 Å². The number of benzene rings is 1. The van der Waals surface area contributed by atoms with Crippen molar-refractivity contribution in [1.82, 2.24) is 5.32 Å². The van der Waals surface area contributed by atoms with E-state index in [0.29, 0.717) is 0 Å². The third-order valence-corrected chi connectivity index (χ3v) is 2.38. The van der Waals surface area contributed by atoms with Gasteiger partial charge in [-0.1, -0.05) is 37.3 Å². The topological polar surface area (TPSA) is 12.0 Å². The maximum absolute atomic E-state index is 12.0. The lowest BCUT2D eigenvalue weighted by atomic mass is 10.0. The highest BCUT2D eigenvalue weighted by Crippen LogP contribution is 2.05. The second-order valence-corrected chi connectivity index (χ2v) is 3.59. The fraction of sp³-hybridized carbons (Fsp3) is 0.500. The quantitative estimate of drug-likeness (QED) is 0.766. The van der Waals surface area contributed by atoms with Crippen LogP contribution in [0.4, 0.5) is 8.78 Å². The minimum Gasteiger partial charge on any atom is -0.308 e. The van der Waals surface area contributed by atoms with E-state index in [9.17, 15) is 8.78 Å². The zero-order chi connectivity index (χ0) is 11.1. The summed E-state index contributed by atoms with van der Waals surface area (Å²) in [6.07, 6.45) is -0.596. The van der Waals surface area contributed by atoms with Crippen LogP contribution in [-0.4, -0.2) is 19.0 Å². The summed E-state index contributed by atoms with van der Waals surface area (Å²) in [5.74, 6) is 0. The monoisotopic (exact) mass is 213 g/mol. The van der Waals surface area contributed by atoms with Crippen molar-refractivity contribution in [2.75, 3.05) is 6.54 Å². The molecule has 84 valence electrons. The van der Waals surface area contributed by atoms with Crippen molar-refractivity contribution in [3.63, 3.8) is 0 Å². The molecule has 0 radical (unpaired) electrons. The molecule has 0 aliphatic heterocycles. The number of alkyl halides is 2. The number of nitrogens with one attached hydrogen (secondary N) is 1. The SMILES string of the molecule is CCC(Cc1ccccc1)NCC(F)F. The molecule has 0 aliphatic carbocycles. The highest BCUT2D eigenvalue weighted by atomic mass is 19.3. The van der Waals surface area contributed by atoms with Crippen LogP contribution < -0.4 is 5.32 Å². The average molecular weight is 213 g/mol. The molecule has 0 amide bonds. The first-order chi connectivity index (χ1) is 7.22. The first-order valence-electron chi connectivity index (χ1n) is 5.27. The maximum atomic E-state index is 12.0. The molecule has 1 atom stereocenters. The van der Waals surface area contributed by atoms with Gasteiger partial charge in [0.05, 0.1) is 6.54 Å². The van der Waals surface area contributed by atoms with Crippen LogP contribution in [0.3, 0.4) is 0 Å². The fourth-order valence-electron chi connectivity index (χ4n) is 1.52. The highest BCUT2D eigenvalue weighted by Gasteiger charge is 2.09. The Kier molecular flexibility index (Phi) is 5.26. The Morgan fingerprint density at radius 3 is 2.40 bits per heavy atom. The average Bonchev–Trinajstić information content (AvgIpc) is 2.25. The molecule has 0 bridgehead atoms. The Bertz CT molecular complexity index is 262. The molecule has 1 rings (SSSR count). The number of hydrogen-bond acceptors (Lipinski definition) is 1. The van der Waals surface area contributed by atoms with Crippen LogP contribution in [0.2, 0.25) is 0 Å². The van der Waals surface area contributed by atoms with Crippen LogP contribution in [-0.2, 0) is 6.42 Å². The molecule has 0 aromatic heterocycles. The van der Waals surface area contributed by atoms with Gasteiger partial charge in [0.2, 0.25) is 0 Å². The van der Waals surface area contributed by atoms with E-state index in [4.69, 9.17) is 0 Å². The predicted molar refractivity (Wildman–Crippen MR) is 58.2 cm³/mol. The van der Waals surface area contributed by atoms with Gasteiger partial charge in [-0.3, -0.25) is 0 Å². The Labute approximate surface area is 89.5 Å². The third-order valence-electron chi connectivity index (χ3n) is 2.38. The number of hydrogen-bond donors (Lipinski definition) is 1. The van der Waals surface area contributed by atoms with Gasteiger partial charge >= 0.3 is 0 Å². The van der Waals surface area contributed by atoms with Crippen molar-refractivity contribution in [2.45, 2.75) is 32.2 Å². The van der Waals surface area contributed by atoms with Gasteiger partial charge < -0.3 is 5.32 Å². The van der Waals surface area contributed by atoms with Crippen molar-refractivity contribution in [3.05, 3.63) is 35.9 Å². The van der Waals surface area contributed by atoms with E-state index in [2.05, 4.69) is 5.32 Å².